The molecule has 0 aliphatic heterocycles. The molecule has 0 spiro atoms. The maximum atomic E-state index is 13.5. The molecule has 0 fully saturated rings. The van der Waals surface area contributed by atoms with E-state index in [0.29, 0.717) is 4.47 Å². The van der Waals surface area contributed by atoms with E-state index in [2.05, 4.69) is 26.6 Å². The van der Waals surface area contributed by atoms with Crippen LogP contribution in [0.25, 0.3) is 0 Å². The van der Waals surface area contributed by atoms with Crippen molar-refractivity contribution in [3.8, 4) is 0 Å². The van der Waals surface area contributed by atoms with Gasteiger partial charge in [-0.15, -0.1) is 0 Å². The van der Waals surface area contributed by atoms with Crippen LogP contribution in [0.15, 0.2) is 53.0 Å². The van der Waals surface area contributed by atoms with Crippen molar-refractivity contribution >= 4 is 33.4 Å². The van der Waals surface area contributed by atoms with E-state index in [1.54, 1.807) is 6.07 Å². The van der Waals surface area contributed by atoms with Crippen LogP contribution >= 0.6 is 15.9 Å². The molecule has 2 rings (SSSR count). The summed E-state index contributed by atoms with van der Waals surface area (Å²) >= 11 is 3.11. The molecule has 0 aromatic heterocycles. The molecule has 4 nitrogen and oxygen atoms in total. The van der Waals surface area contributed by atoms with E-state index < -0.39 is 17.6 Å². The molecule has 2 aromatic rings. The summed E-state index contributed by atoms with van der Waals surface area (Å²) in [5.41, 5.74) is 0.825. The molecular formula is C15H12BrFN2O2. The smallest absolute Gasteiger partial charge is 0.313 e. The Balaban J connectivity index is 1.92. The largest absolute Gasteiger partial charge is 0.344 e. The van der Waals surface area contributed by atoms with Crippen LogP contribution in [-0.4, -0.2) is 11.8 Å². The molecule has 0 atom stereocenters. The van der Waals surface area contributed by atoms with E-state index in [1.165, 1.54) is 12.1 Å². The SMILES string of the molecule is O=C(NCc1ccccc1)C(=O)Nc1ccc(Br)cc1F. The Hall–Kier alpha value is -2.21. The maximum absolute atomic E-state index is 13.5. The molecule has 0 aliphatic carbocycles. The van der Waals surface area contributed by atoms with Crippen molar-refractivity contribution in [2.75, 3.05) is 5.32 Å². The first-order valence-electron chi connectivity index (χ1n) is 6.14. The van der Waals surface area contributed by atoms with E-state index in [9.17, 15) is 14.0 Å². The predicted molar refractivity (Wildman–Crippen MR) is 81.0 cm³/mol. The highest BCUT2D eigenvalue weighted by Gasteiger charge is 2.15. The summed E-state index contributed by atoms with van der Waals surface area (Å²) < 4.78 is 14.1. The fraction of sp³-hybridized carbons (Fsp3) is 0.0667. The van der Waals surface area contributed by atoms with E-state index in [-0.39, 0.29) is 12.2 Å². The first-order chi connectivity index (χ1) is 10.1. The van der Waals surface area contributed by atoms with Gasteiger partial charge in [-0.25, -0.2) is 4.39 Å². The van der Waals surface area contributed by atoms with Gasteiger partial charge in [0.15, 0.2) is 0 Å². The van der Waals surface area contributed by atoms with Crippen molar-refractivity contribution in [2.24, 2.45) is 0 Å². The first-order valence-corrected chi connectivity index (χ1v) is 6.94. The van der Waals surface area contributed by atoms with Crippen molar-refractivity contribution in [1.29, 1.82) is 0 Å². The number of halogens is 2. The van der Waals surface area contributed by atoms with Crippen molar-refractivity contribution in [3.63, 3.8) is 0 Å². The Labute approximate surface area is 129 Å². The van der Waals surface area contributed by atoms with Gasteiger partial charge in [0, 0.05) is 11.0 Å². The van der Waals surface area contributed by atoms with Crippen LogP contribution in [0.4, 0.5) is 10.1 Å². The minimum absolute atomic E-state index is 0.0435. The molecule has 0 bridgehead atoms. The summed E-state index contributed by atoms with van der Waals surface area (Å²) in [6.07, 6.45) is 0. The monoisotopic (exact) mass is 350 g/mol. The quantitative estimate of drug-likeness (QED) is 0.836. The van der Waals surface area contributed by atoms with E-state index in [1.807, 2.05) is 30.3 Å². The standard InChI is InChI=1S/C15H12BrFN2O2/c16-11-6-7-13(12(17)8-11)19-15(21)14(20)18-9-10-4-2-1-3-5-10/h1-8H,9H2,(H,18,20)(H,19,21). The molecule has 0 saturated heterocycles. The lowest BCUT2D eigenvalue weighted by atomic mass is 10.2. The van der Waals surface area contributed by atoms with Gasteiger partial charge in [0.25, 0.3) is 0 Å². The molecule has 0 saturated carbocycles. The van der Waals surface area contributed by atoms with Gasteiger partial charge in [-0.2, -0.15) is 0 Å². The average Bonchev–Trinajstić information content (AvgIpc) is 2.48. The van der Waals surface area contributed by atoms with Gasteiger partial charge in [-0.1, -0.05) is 46.3 Å². The number of carbonyl (C=O) groups is 2. The molecule has 108 valence electrons. The fourth-order valence-electron chi connectivity index (χ4n) is 1.63. The van der Waals surface area contributed by atoms with E-state index in [0.717, 1.165) is 5.56 Å². The number of hydrogen-bond acceptors (Lipinski definition) is 2. The Morgan fingerprint density at radius 1 is 1.05 bits per heavy atom. The van der Waals surface area contributed by atoms with Crippen molar-refractivity contribution in [2.45, 2.75) is 6.54 Å². The molecule has 0 unspecified atom stereocenters. The van der Waals surface area contributed by atoms with Gasteiger partial charge >= 0.3 is 11.8 Å². The summed E-state index contributed by atoms with van der Waals surface area (Å²) in [6.45, 7) is 0.232. The highest BCUT2D eigenvalue weighted by Crippen LogP contribution is 2.19. The molecule has 21 heavy (non-hydrogen) atoms. The van der Waals surface area contributed by atoms with Crippen molar-refractivity contribution in [1.82, 2.24) is 5.32 Å². The summed E-state index contributed by atoms with van der Waals surface area (Å²) in [4.78, 5) is 23.3. The number of rotatable bonds is 3. The van der Waals surface area contributed by atoms with Crippen LogP contribution < -0.4 is 10.6 Å². The Morgan fingerprint density at radius 3 is 2.43 bits per heavy atom. The Morgan fingerprint density at radius 2 is 1.76 bits per heavy atom. The second-order valence-electron chi connectivity index (χ2n) is 4.25. The number of amides is 2. The zero-order valence-electron chi connectivity index (χ0n) is 10.9. The van der Waals surface area contributed by atoms with Crippen LogP contribution in [0.2, 0.25) is 0 Å². The molecular weight excluding hydrogens is 339 g/mol. The van der Waals surface area contributed by atoms with Crippen LogP contribution in [0, 0.1) is 5.82 Å². The normalized spacial score (nSPS) is 10.0. The minimum Gasteiger partial charge on any atom is -0.344 e. The Bertz CT molecular complexity index is 662. The summed E-state index contributed by atoms with van der Waals surface area (Å²) in [6, 6.07) is 13.3. The van der Waals surface area contributed by atoms with Crippen molar-refractivity contribution < 1.29 is 14.0 Å². The third-order valence-corrected chi connectivity index (χ3v) is 3.17. The molecule has 2 aromatic carbocycles. The Kier molecular flexibility index (Phi) is 5.05. The zero-order valence-corrected chi connectivity index (χ0v) is 12.5. The molecule has 0 radical (unpaired) electrons. The molecule has 2 amide bonds. The third kappa shape index (κ3) is 4.39. The summed E-state index contributed by atoms with van der Waals surface area (Å²) in [5, 5.41) is 4.69. The third-order valence-electron chi connectivity index (χ3n) is 2.68. The second-order valence-corrected chi connectivity index (χ2v) is 5.16. The molecule has 6 heteroatoms. The second kappa shape index (κ2) is 6.99. The lowest BCUT2D eigenvalue weighted by Gasteiger charge is -2.07. The molecule has 2 N–H and O–H groups in total. The lowest BCUT2D eigenvalue weighted by molar-refractivity contribution is -0.136. The summed E-state index contributed by atoms with van der Waals surface area (Å²) in [5.74, 6) is -2.35. The minimum atomic E-state index is -0.910. The van der Waals surface area contributed by atoms with Gasteiger partial charge in [0.1, 0.15) is 5.82 Å². The molecule has 0 heterocycles. The number of benzene rings is 2. The van der Waals surface area contributed by atoms with E-state index in [4.69, 9.17) is 0 Å². The van der Waals surface area contributed by atoms with Gasteiger partial charge in [0.05, 0.1) is 5.69 Å². The highest BCUT2D eigenvalue weighted by molar-refractivity contribution is 9.10. The van der Waals surface area contributed by atoms with E-state index >= 15 is 0 Å². The van der Waals surface area contributed by atoms with Crippen LogP contribution in [-0.2, 0) is 16.1 Å². The van der Waals surface area contributed by atoms with Gasteiger partial charge in [-0.3, -0.25) is 9.59 Å². The van der Waals surface area contributed by atoms with Gasteiger partial charge < -0.3 is 10.6 Å². The van der Waals surface area contributed by atoms with Gasteiger partial charge in [0.2, 0.25) is 0 Å². The number of hydrogen-bond donors (Lipinski definition) is 2. The van der Waals surface area contributed by atoms with Gasteiger partial charge in [-0.05, 0) is 23.8 Å². The molecule has 0 aliphatic rings. The number of carbonyl (C=O) groups excluding carboxylic acids is 2. The number of nitrogens with one attached hydrogen (secondary N) is 2. The lowest BCUT2D eigenvalue weighted by Crippen LogP contribution is -2.35. The zero-order chi connectivity index (χ0) is 15.2. The summed E-state index contributed by atoms with van der Waals surface area (Å²) in [7, 11) is 0. The average molecular weight is 351 g/mol. The predicted octanol–water partition coefficient (Wildman–Crippen LogP) is 2.84. The maximum Gasteiger partial charge on any atom is 0.313 e. The highest BCUT2D eigenvalue weighted by atomic mass is 79.9. The fourth-order valence-corrected chi connectivity index (χ4v) is 1.96. The van der Waals surface area contributed by atoms with Crippen LogP contribution in [0.1, 0.15) is 5.56 Å². The topological polar surface area (TPSA) is 58.2 Å². The first kappa shape index (κ1) is 15.2. The van der Waals surface area contributed by atoms with Crippen LogP contribution in [0.5, 0.6) is 0 Å². The van der Waals surface area contributed by atoms with Crippen molar-refractivity contribution in [3.05, 3.63) is 64.4 Å². The van der Waals surface area contributed by atoms with Crippen LogP contribution in [0.3, 0.4) is 0 Å². The number of anilines is 1.